The molecule has 0 unspecified atom stereocenters. The maximum Gasteiger partial charge on any atom is 0.162 e. The first-order valence-electron chi connectivity index (χ1n) is 6.22. The van der Waals surface area contributed by atoms with Gasteiger partial charge in [-0.2, -0.15) is 5.26 Å². The summed E-state index contributed by atoms with van der Waals surface area (Å²) in [6.45, 7) is 1.05. The van der Waals surface area contributed by atoms with Crippen molar-refractivity contribution in [1.29, 1.82) is 5.26 Å². The molecule has 0 atom stereocenters. The van der Waals surface area contributed by atoms with Gasteiger partial charge in [0.2, 0.25) is 0 Å². The lowest BCUT2D eigenvalue weighted by molar-refractivity contribution is 0.155. The predicted octanol–water partition coefficient (Wildman–Crippen LogP) is 2.70. The molecule has 0 aliphatic heterocycles. The molecule has 5 heteroatoms. The number of nitrogens with zero attached hydrogens (tertiary/aromatic N) is 3. The number of methoxy groups -OCH3 is 1. The van der Waals surface area contributed by atoms with Crippen LogP contribution in [0.2, 0.25) is 0 Å². The first-order chi connectivity index (χ1) is 9.80. The molecule has 0 saturated carbocycles. The van der Waals surface area contributed by atoms with Crippen LogP contribution in [0.3, 0.4) is 0 Å². The summed E-state index contributed by atoms with van der Waals surface area (Å²) < 4.78 is 12.2. The first kappa shape index (κ1) is 12.5. The number of hydrogen-bond donors (Lipinski definition) is 0. The van der Waals surface area contributed by atoms with Gasteiger partial charge in [-0.1, -0.05) is 5.16 Å². The first-order valence-corrected chi connectivity index (χ1v) is 6.22. The average Bonchev–Trinajstić information content (AvgIpc) is 3.07. The third kappa shape index (κ3) is 2.29. The second-order valence-corrected chi connectivity index (χ2v) is 4.55. The predicted molar refractivity (Wildman–Crippen MR) is 73.0 cm³/mol. The second kappa shape index (κ2) is 5.19. The maximum absolute atomic E-state index is 8.90. The quantitative estimate of drug-likeness (QED) is 0.729. The van der Waals surface area contributed by atoms with Crippen molar-refractivity contribution in [1.82, 2.24) is 9.72 Å². The molecule has 0 aliphatic carbocycles. The van der Waals surface area contributed by atoms with Crippen LogP contribution in [0.15, 0.2) is 41.1 Å². The Morgan fingerprint density at radius 2 is 2.25 bits per heavy atom. The Hall–Kier alpha value is -2.58. The summed E-state index contributed by atoms with van der Waals surface area (Å²) >= 11 is 0. The Bertz CT molecular complexity index is 780. The lowest BCUT2D eigenvalue weighted by Gasteiger charge is -2.02. The molecule has 0 bridgehead atoms. The van der Waals surface area contributed by atoms with Crippen molar-refractivity contribution in [2.24, 2.45) is 0 Å². The smallest absolute Gasteiger partial charge is 0.162 e. The summed E-state index contributed by atoms with van der Waals surface area (Å²) in [5.74, 6) is 0.714. The molecule has 0 N–H and O–H groups in total. The van der Waals surface area contributed by atoms with Crippen molar-refractivity contribution >= 4 is 10.9 Å². The highest BCUT2D eigenvalue weighted by Crippen LogP contribution is 2.19. The van der Waals surface area contributed by atoms with E-state index in [1.165, 1.54) is 0 Å². The van der Waals surface area contributed by atoms with Gasteiger partial charge in [-0.15, -0.1) is 0 Å². The van der Waals surface area contributed by atoms with Gasteiger partial charge in [-0.05, 0) is 24.3 Å². The Balaban J connectivity index is 1.88. The van der Waals surface area contributed by atoms with Crippen LogP contribution in [0, 0.1) is 11.3 Å². The SMILES string of the molecule is COCc1cc(Cn2ccc3cc(C#N)ccc32)no1. The standard InChI is InChI=1S/C15H13N3O2/c1-19-10-14-7-13(17-20-14)9-18-5-4-12-6-11(8-16)2-3-15(12)18/h2-7H,9-10H2,1H3. The van der Waals surface area contributed by atoms with Gasteiger partial charge in [-0.25, -0.2) is 0 Å². The third-order valence-electron chi connectivity index (χ3n) is 3.13. The van der Waals surface area contributed by atoms with Crippen LogP contribution >= 0.6 is 0 Å². The van der Waals surface area contributed by atoms with Crippen molar-refractivity contribution in [3.8, 4) is 6.07 Å². The molecular weight excluding hydrogens is 254 g/mol. The van der Waals surface area contributed by atoms with Gasteiger partial charge in [0.25, 0.3) is 0 Å². The van der Waals surface area contributed by atoms with Crippen molar-refractivity contribution in [2.45, 2.75) is 13.2 Å². The summed E-state index contributed by atoms with van der Waals surface area (Å²) in [5.41, 5.74) is 2.58. The van der Waals surface area contributed by atoms with Gasteiger partial charge in [0, 0.05) is 30.3 Å². The molecule has 3 rings (SSSR count). The molecule has 0 amide bonds. The second-order valence-electron chi connectivity index (χ2n) is 4.55. The van der Waals surface area contributed by atoms with Crippen LogP contribution in [0.1, 0.15) is 17.0 Å². The molecule has 1 aromatic carbocycles. The lowest BCUT2D eigenvalue weighted by atomic mass is 10.2. The van der Waals surface area contributed by atoms with Gasteiger partial charge >= 0.3 is 0 Å². The van der Waals surface area contributed by atoms with E-state index in [4.69, 9.17) is 14.5 Å². The van der Waals surface area contributed by atoms with Gasteiger partial charge in [0.15, 0.2) is 5.76 Å². The fourth-order valence-electron chi connectivity index (χ4n) is 2.22. The van der Waals surface area contributed by atoms with Crippen molar-refractivity contribution in [2.75, 3.05) is 7.11 Å². The van der Waals surface area contributed by atoms with Crippen LogP contribution < -0.4 is 0 Å². The number of rotatable bonds is 4. The van der Waals surface area contributed by atoms with Gasteiger partial charge < -0.3 is 13.8 Å². The Labute approximate surface area is 116 Å². The van der Waals surface area contributed by atoms with E-state index in [-0.39, 0.29) is 0 Å². The fraction of sp³-hybridized carbons (Fsp3) is 0.200. The fourth-order valence-corrected chi connectivity index (χ4v) is 2.22. The molecule has 100 valence electrons. The monoisotopic (exact) mass is 267 g/mol. The maximum atomic E-state index is 8.90. The Morgan fingerprint density at radius 3 is 3.05 bits per heavy atom. The molecule has 20 heavy (non-hydrogen) atoms. The van der Waals surface area contributed by atoms with Gasteiger partial charge in [0.1, 0.15) is 12.3 Å². The van der Waals surface area contributed by atoms with E-state index < -0.39 is 0 Å². The van der Waals surface area contributed by atoms with Crippen LogP contribution in [0.25, 0.3) is 10.9 Å². The minimum Gasteiger partial charge on any atom is -0.377 e. The summed E-state index contributed by atoms with van der Waals surface area (Å²) in [6, 6.07) is 11.7. The molecule has 0 spiro atoms. The summed E-state index contributed by atoms with van der Waals surface area (Å²) in [4.78, 5) is 0. The molecule has 5 nitrogen and oxygen atoms in total. The highest BCUT2D eigenvalue weighted by Gasteiger charge is 2.07. The average molecular weight is 267 g/mol. The number of fused-ring (bicyclic) bond motifs is 1. The molecule has 3 aromatic rings. The minimum atomic E-state index is 0.422. The third-order valence-corrected chi connectivity index (χ3v) is 3.13. The highest BCUT2D eigenvalue weighted by atomic mass is 16.5. The van der Waals surface area contributed by atoms with E-state index in [0.29, 0.717) is 24.5 Å². The van der Waals surface area contributed by atoms with Crippen molar-refractivity contribution in [3.05, 3.63) is 53.5 Å². The molecule has 0 aliphatic rings. The summed E-state index contributed by atoms with van der Waals surface area (Å²) in [6.07, 6.45) is 1.98. The van der Waals surface area contributed by atoms with E-state index in [9.17, 15) is 0 Å². The van der Waals surface area contributed by atoms with Crippen LogP contribution in [-0.2, 0) is 17.9 Å². The van der Waals surface area contributed by atoms with E-state index >= 15 is 0 Å². The van der Waals surface area contributed by atoms with Crippen LogP contribution in [0.4, 0.5) is 0 Å². The summed E-state index contributed by atoms with van der Waals surface area (Å²) in [5, 5.41) is 14.0. The van der Waals surface area contributed by atoms with E-state index in [1.54, 1.807) is 7.11 Å². The zero-order valence-electron chi connectivity index (χ0n) is 11.0. The molecule has 0 saturated heterocycles. The topological polar surface area (TPSA) is 64.0 Å². The van der Waals surface area contributed by atoms with E-state index in [0.717, 1.165) is 16.6 Å². The van der Waals surface area contributed by atoms with Crippen LogP contribution in [-0.4, -0.2) is 16.8 Å². The van der Waals surface area contributed by atoms with E-state index in [2.05, 4.69) is 15.8 Å². The van der Waals surface area contributed by atoms with Crippen molar-refractivity contribution in [3.63, 3.8) is 0 Å². The minimum absolute atomic E-state index is 0.422. The normalized spacial score (nSPS) is 10.8. The van der Waals surface area contributed by atoms with Crippen molar-refractivity contribution < 1.29 is 9.26 Å². The molecule has 0 radical (unpaired) electrons. The summed E-state index contributed by atoms with van der Waals surface area (Å²) in [7, 11) is 1.62. The zero-order chi connectivity index (χ0) is 13.9. The molecule has 2 aromatic heterocycles. The number of hydrogen-bond acceptors (Lipinski definition) is 4. The Morgan fingerprint density at radius 1 is 1.35 bits per heavy atom. The molecule has 0 fully saturated rings. The number of aromatic nitrogens is 2. The van der Waals surface area contributed by atoms with E-state index in [1.807, 2.05) is 36.5 Å². The number of nitriles is 1. The largest absolute Gasteiger partial charge is 0.377 e. The molecule has 2 heterocycles. The van der Waals surface area contributed by atoms with Gasteiger partial charge in [0.05, 0.1) is 18.2 Å². The van der Waals surface area contributed by atoms with Crippen LogP contribution in [0.5, 0.6) is 0 Å². The highest BCUT2D eigenvalue weighted by molar-refractivity contribution is 5.81. The number of benzene rings is 1. The Kier molecular flexibility index (Phi) is 3.23. The lowest BCUT2D eigenvalue weighted by Crippen LogP contribution is -1.97. The number of ether oxygens (including phenoxy) is 1. The zero-order valence-corrected chi connectivity index (χ0v) is 11.0. The van der Waals surface area contributed by atoms with Gasteiger partial charge in [-0.3, -0.25) is 0 Å². The molecular formula is C15H13N3O2.